The normalized spacial score (nSPS) is 10.8. The van der Waals surface area contributed by atoms with E-state index in [1.165, 1.54) is 16.9 Å². The Kier molecular flexibility index (Phi) is 4.71. The molecular formula is C21H17N3OS. The van der Waals surface area contributed by atoms with Gasteiger partial charge in [0.05, 0.1) is 6.42 Å². The average Bonchev–Trinajstić information content (AvgIpc) is 3.09. The lowest BCUT2D eigenvalue weighted by Crippen LogP contribution is -2.14. The molecule has 1 aromatic heterocycles. The van der Waals surface area contributed by atoms with Gasteiger partial charge in [-0.3, -0.25) is 4.79 Å². The Morgan fingerprint density at radius 2 is 1.65 bits per heavy atom. The zero-order chi connectivity index (χ0) is 17.8. The highest BCUT2D eigenvalue weighted by molar-refractivity contribution is 7.15. The highest BCUT2D eigenvalue weighted by Crippen LogP contribution is 2.21. The van der Waals surface area contributed by atoms with Crippen molar-refractivity contribution in [3.05, 3.63) is 88.9 Å². The largest absolute Gasteiger partial charge is 0.300 e. The number of aromatic nitrogens is 2. The zero-order valence-corrected chi connectivity index (χ0v) is 14.9. The van der Waals surface area contributed by atoms with E-state index in [2.05, 4.69) is 39.8 Å². The molecule has 1 amide bonds. The minimum Gasteiger partial charge on any atom is -0.300 e. The smallest absolute Gasteiger partial charge is 0.230 e. The Labute approximate surface area is 155 Å². The number of hydrogen-bond acceptors (Lipinski definition) is 4. The number of hydrogen-bond donors (Lipinski definition) is 1. The van der Waals surface area contributed by atoms with Crippen molar-refractivity contribution in [2.75, 3.05) is 5.32 Å². The molecule has 0 aliphatic rings. The van der Waals surface area contributed by atoms with E-state index in [1.807, 2.05) is 48.5 Å². The second-order valence-corrected chi connectivity index (χ2v) is 7.09. The number of anilines is 1. The molecule has 5 heteroatoms. The monoisotopic (exact) mass is 359 g/mol. The van der Waals surface area contributed by atoms with Crippen molar-refractivity contribution in [3.8, 4) is 0 Å². The molecule has 26 heavy (non-hydrogen) atoms. The van der Waals surface area contributed by atoms with E-state index in [-0.39, 0.29) is 5.91 Å². The second kappa shape index (κ2) is 7.45. The van der Waals surface area contributed by atoms with Crippen LogP contribution in [0, 0.1) is 0 Å². The van der Waals surface area contributed by atoms with Crippen molar-refractivity contribution < 1.29 is 4.79 Å². The third kappa shape index (κ3) is 3.78. The minimum atomic E-state index is -0.0798. The van der Waals surface area contributed by atoms with E-state index in [0.717, 1.165) is 27.8 Å². The molecule has 0 aliphatic carbocycles. The number of amides is 1. The fraction of sp³-hybridized carbons (Fsp3) is 0.0952. The fourth-order valence-corrected chi connectivity index (χ4v) is 3.72. The number of carbonyl (C=O) groups is 1. The Bertz CT molecular complexity index is 1040. The summed E-state index contributed by atoms with van der Waals surface area (Å²) in [6, 6.07) is 24.2. The molecule has 4 aromatic rings. The van der Waals surface area contributed by atoms with Crippen LogP contribution >= 0.6 is 11.3 Å². The SMILES string of the molecule is O=C(Cc1cccc2ccccc12)Nc1nnc(Cc2ccccc2)s1. The molecule has 3 aromatic carbocycles. The van der Waals surface area contributed by atoms with Gasteiger partial charge < -0.3 is 5.32 Å². The van der Waals surface area contributed by atoms with E-state index < -0.39 is 0 Å². The van der Waals surface area contributed by atoms with E-state index in [1.54, 1.807) is 0 Å². The summed E-state index contributed by atoms with van der Waals surface area (Å²) in [7, 11) is 0. The molecule has 1 heterocycles. The topological polar surface area (TPSA) is 54.9 Å². The molecule has 0 atom stereocenters. The summed E-state index contributed by atoms with van der Waals surface area (Å²) >= 11 is 1.42. The lowest BCUT2D eigenvalue weighted by molar-refractivity contribution is -0.115. The molecule has 4 rings (SSSR count). The summed E-state index contributed by atoms with van der Waals surface area (Å²) in [6.45, 7) is 0. The predicted molar refractivity (Wildman–Crippen MR) is 105 cm³/mol. The van der Waals surface area contributed by atoms with Crippen LogP contribution in [0.25, 0.3) is 10.8 Å². The van der Waals surface area contributed by atoms with Crippen LogP contribution in [0.1, 0.15) is 16.1 Å². The first-order valence-electron chi connectivity index (χ1n) is 8.41. The lowest BCUT2D eigenvalue weighted by Gasteiger charge is -2.06. The zero-order valence-electron chi connectivity index (χ0n) is 14.1. The first-order chi connectivity index (χ1) is 12.8. The maximum absolute atomic E-state index is 12.4. The van der Waals surface area contributed by atoms with Gasteiger partial charge in [0.25, 0.3) is 0 Å². The van der Waals surface area contributed by atoms with Gasteiger partial charge in [0, 0.05) is 6.42 Å². The van der Waals surface area contributed by atoms with Crippen LogP contribution in [0.4, 0.5) is 5.13 Å². The molecule has 0 unspecified atom stereocenters. The molecule has 0 saturated carbocycles. The quantitative estimate of drug-likeness (QED) is 0.572. The van der Waals surface area contributed by atoms with Crippen LogP contribution in [-0.4, -0.2) is 16.1 Å². The van der Waals surface area contributed by atoms with Crippen molar-refractivity contribution in [2.24, 2.45) is 0 Å². The lowest BCUT2D eigenvalue weighted by atomic mass is 10.0. The number of nitrogens with one attached hydrogen (secondary N) is 1. The van der Waals surface area contributed by atoms with Crippen molar-refractivity contribution in [3.63, 3.8) is 0 Å². The maximum atomic E-state index is 12.4. The van der Waals surface area contributed by atoms with E-state index in [0.29, 0.717) is 11.6 Å². The van der Waals surface area contributed by atoms with Crippen LogP contribution in [0.15, 0.2) is 72.8 Å². The standard InChI is InChI=1S/C21H17N3OS/c25-19(14-17-11-6-10-16-9-4-5-12-18(16)17)22-21-24-23-20(26-21)13-15-7-2-1-3-8-15/h1-12H,13-14H2,(H,22,24,25). The van der Waals surface area contributed by atoms with E-state index in [9.17, 15) is 4.79 Å². The number of rotatable bonds is 5. The minimum absolute atomic E-state index is 0.0798. The summed E-state index contributed by atoms with van der Waals surface area (Å²) in [5, 5.41) is 14.8. The fourth-order valence-electron chi connectivity index (χ4n) is 2.93. The highest BCUT2D eigenvalue weighted by Gasteiger charge is 2.11. The van der Waals surface area contributed by atoms with Gasteiger partial charge in [-0.05, 0) is 21.9 Å². The molecule has 0 radical (unpaired) electrons. The summed E-state index contributed by atoms with van der Waals surface area (Å²) < 4.78 is 0. The number of carbonyl (C=O) groups excluding carboxylic acids is 1. The Hall–Kier alpha value is -3.05. The number of benzene rings is 3. The van der Waals surface area contributed by atoms with Gasteiger partial charge in [-0.25, -0.2) is 0 Å². The molecule has 0 saturated heterocycles. The molecule has 4 nitrogen and oxygen atoms in total. The van der Waals surface area contributed by atoms with Gasteiger partial charge in [0.15, 0.2) is 0 Å². The van der Waals surface area contributed by atoms with Gasteiger partial charge in [0.1, 0.15) is 5.01 Å². The molecule has 0 spiro atoms. The molecular weight excluding hydrogens is 342 g/mol. The first-order valence-corrected chi connectivity index (χ1v) is 9.22. The van der Waals surface area contributed by atoms with Crippen LogP contribution in [0.2, 0.25) is 0 Å². The Morgan fingerprint density at radius 1 is 0.885 bits per heavy atom. The average molecular weight is 359 g/mol. The van der Waals surface area contributed by atoms with Crippen LogP contribution in [0.5, 0.6) is 0 Å². The number of nitrogens with zero attached hydrogens (tertiary/aromatic N) is 2. The van der Waals surface area contributed by atoms with Crippen molar-refractivity contribution >= 4 is 33.1 Å². The van der Waals surface area contributed by atoms with Gasteiger partial charge in [-0.15, -0.1) is 10.2 Å². The Balaban J connectivity index is 1.44. The predicted octanol–water partition coefficient (Wildman–Crippen LogP) is 4.46. The van der Waals surface area contributed by atoms with Gasteiger partial charge in [-0.2, -0.15) is 0 Å². The van der Waals surface area contributed by atoms with Crippen molar-refractivity contribution in [1.82, 2.24) is 10.2 Å². The van der Waals surface area contributed by atoms with Crippen molar-refractivity contribution in [1.29, 1.82) is 0 Å². The van der Waals surface area contributed by atoms with Crippen LogP contribution in [-0.2, 0) is 17.6 Å². The van der Waals surface area contributed by atoms with Crippen LogP contribution < -0.4 is 5.32 Å². The van der Waals surface area contributed by atoms with Gasteiger partial charge in [-0.1, -0.05) is 84.1 Å². The molecule has 128 valence electrons. The number of fused-ring (bicyclic) bond motifs is 1. The van der Waals surface area contributed by atoms with Crippen molar-refractivity contribution in [2.45, 2.75) is 12.8 Å². The molecule has 0 fully saturated rings. The summed E-state index contributed by atoms with van der Waals surface area (Å²) in [6.07, 6.45) is 1.03. The first kappa shape index (κ1) is 16.4. The molecule has 1 N–H and O–H groups in total. The van der Waals surface area contributed by atoms with Crippen LogP contribution in [0.3, 0.4) is 0 Å². The Morgan fingerprint density at radius 3 is 2.54 bits per heavy atom. The van der Waals surface area contributed by atoms with E-state index in [4.69, 9.17) is 0 Å². The maximum Gasteiger partial charge on any atom is 0.230 e. The second-order valence-electron chi connectivity index (χ2n) is 6.03. The summed E-state index contributed by atoms with van der Waals surface area (Å²) in [4.78, 5) is 12.4. The van der Waals surface area contributed by atoms with E-state index >= 15 is 0 Å². The van der Waals surface area contributed by atoms with Gasteiger partial charge >= 0.3 is 0 Å². The third-order valence-corrected chi connectivity index (χ3v) is 4.98. The summed E-state index contributed by atoms with van der Waals surface area (Å²) in [5.74, 6) is -0.0798. The molecule has 0 aliphatic heterocycles. The van der Waals surface area contributed by atoms with Gasteiger partial charge in [0.2, 0.25) is 11.0 Å². The summed E-state index contributed by atoms with van der Waals surface area (Å²) in [5.41, 5.74) is 2.19. The molecule has 0 bridgehead atoms. The third-order valence-electron chi connectivity index (χ3n) is 4.14. The highest BCUT2D eigenvalue weighted by atomic mass is 32.1.